The first-order chi connectivity index (χ1) is 10.0. The SMILES string of the molecule is CCNc1cc(N2CCC(N(C)C)CC2)nc(C(C)C)n1. The number of aromatic nitrogens is 2. The van der Waals surface area contributed by atoms with Crippen molar-refractivity contribution in [3.63, 3.8) is 0 Å². The molecule has 0 amide bonds. The van der Waals surface area contributed by atoms with Crippen LogP contribution in [0.4, 0.5) is 11.6 Å². The molecule has 1 fully saturated rings. The molecule has 2 rings (SSSR count). The van der Waals surface area contributed by atoms with Gasteiger partial charge in [-0.1, -0.05) is 13.8 Å². The minimum absolute atomic E-state index is 0.349. The fourth-order valence-electron chi connectivity index (χ4n) is 2.76. The molecule has 1 saturated heterocycles. The number of nitrogens with one attached hydrogen (secondary N) is 1. The Morgan fingerprint density at radius 2 is 1.95 bits per heavy atom. The van der Waals surface area contributed by atoms with E-state index in [1.807, 2.05) is 0 Å². The van der Waals surface area contributed by atoms with Gasteiger partial charge in [-0.05, 0) is 33.9 Å². The highest BCUT2D eigenvalue weighted by molar-refractivity contribution is 5.50. The van der Waals surface area contributed by atoms with Crippen molar-refractivity contribution in [2.45, 2.75) is 45.6 Å². The summed E-state index contributed by atoms with van der Waals surface area (Å²) < 4.78 is 0. The lowest BCUT2D eigenvalue weighted by atomic mass is 10.0. The van der Waals surface area contributed by atoms with Crippen molar-refractivity contribution in [3.8, 4) is 0 Å². The number of anilines is 2. The van der Waals surface area contributed by atoms with E-state index < -0.39 is 0 Å². The Balaban J connectivity index is 2.15. The summed E-state index contributed by atoms with van der Waals surface area (Å²) >= 11 is 0. The van der Waals surface area contributed by atoms with Crippen molar-refractivity contribution in [1.82, 2.24) is 14.9 Å². The number of hydrogen-bond acceptors (Lipinski definition) is 5. The van der Waals surface area contributed by atoms with Crippen LogP contribution in [0.2, 0.25) is 0 Å². The zero-order valence-electron chi connectivity index (χ0n) is 14.1. The molecule has 0 bridgehead atoms. The maximum absolute atomic E-state index is 4.77. The van der Waals surface area contributed by atoms with E-state index in [1.165, 1.54) is 12.8 Å². The van der Waals surface area contributed by atoms with Crippen LogP contribution in [0.5, 0.6) is 0 Å². The summed E-state index contributed by atoms with van der Waals surface area (Å²) in [5.74, 6) is 3.29. The van der Waals surface area contributed by atoms with Crippen molar-refractivity contribution < 1.29 is 0 Å². The first kappa shape index (κ1) is 16.0. The maximum Gasteiger partial charge on any atom is 0.135 e. The summed E-state index contributed by atoms with van der Waals surface area (Å²) in [5, 5.41) is 3.32. The van der Waals surface area contributed by atoms with E-state index >= 15 is 0 Å². The molecule has 5 heteroatoms. The minimum atomic E-state index is 0.349. The van der Waals surface area contributed by atoms with E-state index in [9.17, 15) is 0 Å². The lowest BCUT2D eigenvalue weighted by Gasteiger charge is -2.36. The third-order valence-electron chi connectivity index (χ3n) is 4.12. The number of rotatable bonds is 5. The molecule has 0 unspecified atom stereocenters. The van der Waals surface area contributed by atoms with Crippen molar-refractivity contribution in [3.05, 3.63) is 11.9 Å². The average molecular weight is 291 g/mol. The highest BCUT2D eigenvalue weighted by atomic mass is 15.2. The Labute approximate surface area is 128 Å². The van der Waals surface area contributed by atoms with Crippen LogP contribution in [0.25, 0.3) is 0 Å². The molecule has 118 valence electrons. The Kier molecular flexibility index (Phi) is 5.39. The Morgan fingerprint density at radius 1 is 1.29 bits per heavy atom. The molecular weight excluding hydrogens is 262 g/mol. The summed E-state index contributed by atoms with van der Waals surface area (Å²) in [6, 6.07) is 2.78. The number of piperidine rings is 1. The van der Waals surface area contributed by atoms with E-state index in [0.29, 0.717) is 12.0 Å². The maximum atomic E-state index is 4.77. The number of nitrogens with zero attached hydrogens (tertiary/aromatic N) is 4. The van der Waals surface area contributed by atoms with Gasteiger partial charge in [-0.25, -0.2) is 9.97 Å². The molecule has 0 saturated carbocycles. The van der Waals surface area contributed by atoms with Gasteiger partial charge in [0, 0.05) is 37.7 Å². The van der Waals surface area contributed by atoms with Gasteiger partial charge in [0.05, 0.1) is 0 Å². The first-order valence-electron chi connectivity index (χ1n) is 8.05. The molecule has 2 heterocycles. The standard InChI is InChI=1S/C16H29N5/c1-6-17-14-11-15(19-16(18-14)12(2)3)21-9-7-13(8-10-21)20(4)5/h11-13H,6-10H2,1-5H3,(H,17,18,19). The minimum Gasteiger partial charge on any atom is -0.370 e. The van der Waals surface area contributed by atoms with Crippen molar-refractivity contribution in [1.29, 1.82) is 0 Å². The summed E-state index contributed by atoms with van der Waals surface area (Å²) in [6.07, 6.45) is 2.40. The first-order valence-corrected chi connectivity index (χ1v) is 8.05. The Bertz CT molecular complexity index is 450. The van der Waals surface area contributed by atoms with Crippen LogP contribution in [0.15, 0.2) is 6.07 Å². The summed E-state index contributed by atoms with van der Waals surface area (Å²) in [5.41, 5.74) is 0. The van der Waals surface area contributed by atoms with Gasteiger partial charge >= 0.3 is 0 Å². The van der Waals surface area contributed by atoms with E-state index in [4.69, 9.17) is 4.98 Å². The highest BCUT2D eigenvalue weighted by Crippen LogP contribution is 2.24. The third-order valence-corrected chi connectivity index (χ3v) is 4.12. The molecule has 1 aromatic heterocycles. The fraction of sp³-hybridized carbons (Fsp3) is 0.750. The molecule has 0 atom stereocenters. The van der Waals surface area contributed by atoms with Gasteiger partial charge < -0.3 is 15.1 Å². The van der Waals surface area contributed by atoms with Crippen LogP contribution in [0.3, 0.4) is 0 Å². The molecular formula is C16H29N5. The van der Waals surface area contributed by atoms with Crippen molar-refractivity contribution in [2.75, 3.05) is 43.9 Å². The smallest absolute Gasteiger partial charge is 0.135 e. The quantitative estimate of drug-likeness (QED) is 0.903. The van der Waals surface area contributed by atoms with Crippen LogP contribution >= 0.6 is 0 Å². The largest absolute Gasteiger partial charge is 0.370 e. The molecule has 0 aromatic carbocycles. The average Bonchev–Trinajstić information content (AvgIpc) is 2.47. The van der Waals surface area contributed by atoms with Crippen molar-refractivity contribution >= 4 is 11.6 Å². The molecule has 0 spiro atoms. The van der Waals surface area contributed by atoms with Crippen molar-refractivity contribution in [2.24, 2.45) is 0 Å². The van der Waals surface area contributed by atoms with Crippen LogP contribution in [-0.2, 0) is 0 Å². The highest BCUT2D eigenvalue weighted by Gasteiger charge is 2.22. The second kappa shape index (κ2) is 7.07. The van der Waals surface area contributed by atoms with Gasteiger partial charge in [-0.15, -0.1) is 0 Å². The molecule has 1 aliphatic heterocycles. The van der Waals surface area contributed by atoms with Gasteiger partial charge in [0.2, 0.25) is 0 Å². The molecule has 0 radical (unpaired) electrons. The predicted molar refractivity (Wildman–Crippen MR) is 89.2 cm³/mol. The van der Waals surface area contributed by atoms with E-state index in [-0.39, 0.29) is 0 Å². The summed E-state index contributed by atoms with van der Waals surface area (Å²) in [6.45, 7) is 9.42. The lowest BCUT2D eigenvalue weighted by Crippen LogP contribution is -2.42. The molecule has 1 aromatic rings. The monoisotopic (exact) mass is 291 g/mol. The Morgan fingerprint density at radius 3 is 2.48 bits per heavy atom. The van der Waals surface area contributed by atoms with Gasteiger partial charge in [0.1, 0.15) is 17.5 Å². The zero-order chi connectivity index (χ0) is 15.4. The van der Waals surface area contributed by atoms with E-state index in [1.54, 1.807) is 0 Å². The van der Waals surface area contributed by atoms with Crippen LogP contribution in [0.1, 0.15) is 45.4 Å². The van der Waals surface area contributed by atoms with Gasteiger partial charge in [0.25, 0.3) is 0 Å². The van der Waals surface area contributed by atoms with E-state index in [0.717, 1.165) is 37.1 Å². The normalized spacial score (nSPS) is 16.8. The van der Waals surface area contributed by atoms with Crippen LogP contribution in [-0.4, -0.2) is 54.6 Å². The summed E-state index contributed by atoms with van der Waals surface area (Å²) in [4.78, 5) is 14.1. The van der Waals surface area contributed by atoms with Gasteiger partial charge in [-0.2, -0.15) is 0 Å². The van der Waals surface area contributed by atoms with E-state index in [2.05, 4.69) is 61.0 Å². The second-order valence-electron chi connectivity index (χ2n) is 6.34. The van der Waals surface area contributed by atoms with Crippen LogP contribution in [0, 0.1) is 0 Å². The molecule has 21 heavy (non-hydrogen) atoms. The van der Waals surface area contributed by atoms with Gasteiger partial charge in [-0.3, -0.25) is 0 Å². The fourth-order valence-corrected chi connectivity index (χ4v) is 2.76. The Hall–Kier alpha value is -1.36. The predicted octanol–water partition coefficient (Wildman–Crippen LogP) is 2.56. The summed E-state index contributed by atoms with van der Waals surface area (Å²) in [7, 11) is 4.34. The lowest BCUT2D eigenvalue weighted by molar-refractivity contribution is 0.249. The molecule has 1 N–H and O–H groups in total. The van der Waals surface area contributed by atoms with Crippen LogP contribution < -0.4 is 10.2 Å². The topological polar surface area (TPSA) is 44.3 Å². The molecule has 1 aliphatic rings. The third kappa shape index (κ3) is 4.06. The number of hydrogen-bond donors (Lipinski definition) is 1. The second-order valence-corrected chi connectivity index (χ2v) is 6.34. The molecule has 5 nitrogen and oxygen atoms in total. The molecule has 0 aliphatic carbocycles. The zero-order valence-corrected chi connectivity index (χ0v) is 14.1. The van der Waals surface area contributed by atoms with Gasteiger partial charge in [0.15, 0.2) is 0 Å².